The van der Waals surface area contributed by atoms with Gasteiger partial charge < -0.3 is 4.43 Å². The molecule has 0 radical (unpaired) electrons. The number of hydrogen-bond donors (Lipinski definition) is 0. The van der Waals surface area contributed by atoms with Gasteiger partial charge in [-0.3, -0.25) is 0 Å². The summed E-state index contributed by atoms with van der Waals surface area (Å²) in [5.74, 6) is 0. The fourth-order valence-corrected chi connectivity index (χ4v) is 3.42. The van der Waals surface area contributed by atoms with Crippen LogP contribution < -0.4 is 0 Å². The quantitative estimate of drug-likeness (QED) is 0.506. The van der Waals surface area contributed by atoms with Crippen molar-refractivity contribution in [2.24, 2.45) is 0 Å². The van der Waals surface area contributed by atoms with Crippen LogP contribution in [0.3, 0.4) is 0 Å². The van der Waals surface area contributed by atoms with Crippen LogP contribution in [0.4, 0.5) is 0 Å². The van der Waals surface area contributed by atoms with Crippen LogP contribution in [0.2, 0.25) is 13.1 Å². The maximum Gasteiger partial charge on any atom is 0.211 e. The lowest BCUT2D eigenvalue weighted by Gasteiger charge is -2.31. The normalized spacial score (nSPS) is 25.4. The van der Waals surface area contributed by atoms with E-state index < -0.39 is 8.32 Å². The number of rotatable bonds is 4. The van der Waals surface area contributed by atoms with Gasteiger partial charge in [0.15, 0.2) is 0 Å². The van der Waals surface area contributed by atoms with Gasteiger partial charge in [-0.25, -0.2) is 0 Å². The van der Waals surface area contributed by atoms with E-state index in [4.69, 9.17) is 4.43 Å². The first-order valence-corrected chi connectivity index (χ1v) is 8.59. The minimum absolute atomic E-state index is 0.299. The maximum atomic E-state index is 6.09. The molecule has 0 aromatic rings. The molecule has 0 amide bonds. The molecule has 0 N–H and O–H groups in total. The minimum atomic E-state index is -1.50. The Bertz CT molecular complexity index is 230. The molecule has 0 fully saturated rings. The first-order valence-electron chi connectivity index (χ1n) is 5.61. The van der Waals surface area contributed by atoms with E-state index in [2.05, 4.69) is 38.4 Å². The van der Waals surface area contributed by atoms with E-state index >= 15 is 0 Å². The molecule has 0 bridgehead atoms. The van der Waals surface area contributed by atoms with Crippen molar-refractivity contribution in [3.8, 4) is 0 Å². The zero-order valence-corrected chi connectivity index (χ0v) is 10.7. The molecule has 2 heteroatoms. The molecule has 0 spiro atoms. The van der Waals surface area contributed by atoms with Gasteiger partial charge in [0.05, 0.1) is 6.10 Å². The van der Waals surface area contributed by atoms with Crippen molar-refractivity contribution in [3.05, 3.63) is 23.9 Å². The van der Waals surface area contributed by atoms with E-state index in [-0.39, 0.29) is 0 Å². The molecule has 1 nitrogen and oxygen atoms in total. The van der Waals surface area contributed by atoms with E-state index in [1.54, 1.807) is 0 Å². The zero-order chi connectivity index (χ0) is 10.6. The van der Waals surface area contributed by atoms with Crippen molar-refractivity contribution in [3.63, 3.8) is 0 Å². The van der Waals surface area contributed by atoms with E-state index in [1.807, 2.05) is 0 Å². The van der Waals surface area contributed by atoms with Crippen LogP contribution in [0.15, 0.2) is 23.9 Å². The number of hydrogen-bond acceptors (Lipinski definition) is 1. The Morgan fingerprint density at radius 1 is 1.43 bits per heavy atom. The average Bonchev–Trinajstić information content (AvgIpc) is 2.11. The highest BCUT2D eigenvalue weighted by molar-refractivity contribution is 6.76. The molecule has 0 saturated heterocycles. The highest BCUT2D eigenvalue weighted by Gasteiger charge is 2.28. The lowest BCUT2D eigenvalue weighted by molar-refractivity contribution is 0.217. The molecule has 0 aromatic carbocycles. The molecule has 1 atom stereocenters. The van der Waals surface area contributed by atoms with Crippen molar-refractivity contribution < 1.29 is 4.43 Å². The van der Waals surface area contributed by atoms with Crippen LogP contribution >= 0.6 is 0 Å². The summed E-state index contributed by atoms with van der Waals surface area (Å²) in [7, 11) is -1.50. The topological polar surface area (TPSA) is 9.23 Å². The van der Waals surface area contributed by atoms with Gasteiger partial charge in [0.1, 0.15) is 0 Å². The summed E-state index contributed by atoms with van der Waals surface area (Å²) >= 11 is 0. The summed E-state index contributed by atoms with van der Waals surface area (Å²) in [4.78, 5) is 0. The summed E-state index contributed by atoms with van der Waals surface area (Å²) in [6.07, 6.45) is 7.46. The Labute approximate surface area is 89.0 Å². The highest BCUT2D eigenvalue weighted by atomic mass is 28.4. The molecule has 14 heavy (non-hydrogen) atoms. The van der Waals surface area contributed by atoms with E-state index in [1.165, 1.54) is 19.3 Å². The Balaban J connectivity index is 2.45. The lowest BCUT2D eigenvalue weighted by Crippen LogP contribution is -2.37. The van der Waals surface area contributed by atoms with Gasteiger partial charge in [-0.1, -0.05) is 44.5 Å². The molecule has 1 unspecified atom stereocenters. The van der Waals surface area contributed by atoms with Crippen LogP contribution in [-0.2, 0) is 4.43 Å². The van der Waals surface area contributed by atoms with E-state index in [0.717, 1.165) is 12.0 Å². The smallest absolute Gasteiger partial charge is 0.211 e. The molecule has 1 rings (SSSR count). The maximum absolute atomic E-state index is 6.09. The Kier molecular flexibility index (Phi) is 4.14. The van der Waals surface area contributed by atoms with Gasteiger partial charge >= 0.3 is 0 Å². The van der Waals surface area contributed by atoms with E-state index in [0.29, 0.717) is 6.10 Å². The molecule has 1 aliphatic rings. The van der Waals surface area contributed by atoms with Gasteiger partial charge in [0, 0.05) is 0 Å². The Morgan fingerprint density at radius 3 is 2.79 bits per heavy atom. The van der Waals surface area contributed by atoms with Gasteiger partial charge in [0.2, 0.25) is 8.32 Å². The second-order valence-corrected chi connectivity index (χ2v) is 8.39. The first kappa shape index (κ1) is 11.7. The third kappa shape index (κ3) is 3.43. The van der Waals surface area contributed by atoms with Gasteiger partial charge in [-0.05, 0) is 25.1 Å². The lowest BCUT2D eigenvalue weighted by atomic mass is 10.0. The van der Waals surface area contributed by atoms with Crippen molar-refractivity contribution in [2.45, 2.75) is 51.8 Å². The third-order valence-electron chi connectivity index (χ3n) is 2.63. The van der Waals surface area contributed by atoms with Crippen LogP contribution in [0.5, 0.6) is 0 Å². The monoisotopic (exact) mass is 210 g/mol. The molecular formula is C12H22OSi. The van der Waals surface area contributed by atoms with Crippen molar-refractivity contribution in [1.82, 2.24) is 0 Å². The summed E-state index contributed by atoms with van der Waals surface area (Å²) < 4.78 is 6.09. The summed E-state index contributed by atoms with van der Waals surface area (Å²) in [6, 6.07) is 0. The predicted octanol–water partition coefficient (Wildman–Crippen LogP) is 3.82. The van der Waals surface area contributed by atoms with Crippen LogP contribution in [0.25, 0.3) is 0 Å². The largest absolute Gasteiger partial charge is 0.407 e. The molecule has 1 heterocycles. The van der Waals surface area contributed by atoms with Gasteiger partial charge in [-0.15, -0.1) is 0 Å². The zero-order valence-electron chi connectivity index (χ0n) is 9.68. The van der Waals surface area contributed by atoms with Crippen LogP contribution in [-0.4, -0.2) is 14.4 Å². The van der Waals surface area contributed by atoms with Crippen molar-refractivity contribution >= 4 is 8.32 Å². The number of unbranched alkanes of at least 4 members (excludes halogenated alkanes) is 2. The fraction of sp³-hybridized carbons (Fsp3) is 0.667. The molecule has 0 saturated carbocycles. The fourth-order valence-electron chi connectivity index (χ4n) is 1.72. The predicted molar refractivity (Wildman–Crippen MR) is 64.8 cm³/mol. The molecule has 1 aliphatic heterocycles. The van der Waals surface area contributed by atoms with Gasteiger partial charge in [0.25, 0.3) is 0 Å². The molecule has 0 aromatic heterocycles. The second-order valence-electron chi connectivity index (χ2n) is 4.61. The SMILES string of the molecule is C=C1C=C[Si](C)(C)OC1CCCCC. The second kappa shape index (κ2) is 4.94. The Hall–Kier alpha value is -0.343. The third-order valence-corrected chi connectivity index (χ3v) is 4.49. The highest BCUT2D eigenvalue weighted by Crippen LogP contribution is 2.25. The van der Waals surface area contributed by atoms with Crippen molar-refractivity contribution in [1.29, 1.82) is 0 Å². The standard InChI is InChI=1S/C12H22OSi/c1-5-6-7-8-12-11(2)9-10-14(3,4)13-12/h9-10,12H,2,5-8H2,1,3-4H3. The van der Waals surface area contributed by atoms with Crippen LogP contribution in [0.1, 0.15) is 32.6 Å². The minimum Gasteiger partial charge on any atom is -0.407 e. The Morgan fingerprint density at radius 2 is 2.14 bits per heavy atom. The summed E-state index contributed by atoms with van der Waals surface area (Å²) in [5, 5.41) is 0. The van der Waals surface area contributed by atoms with Crippen LogP contribution in [0, 0.1) is 0 Å². The molecule has 0 aliphatic carbocycles. The van der Waals surface area contributed by atoms with Crippen molar-refractivity contribution in [2.75, 3.05) is 0 Å². The van der Waals surface area contributed by atoms with Gasteiger partial charge in [-0.2, -0.15) is 0 Å². The average molecular weight is 210 g/mol. The first-order chi connectivity index (χ1) is 6.55. The summed E-state index contributed by atoms with van der Waals surface area (Å²) in [6.45, 7) is 10.8. The molecule has 80 valence electrons. The summed E-state index contributed by atoms with van der Waals surface area (Å²) in [5.41, 5.74) is 3.39. The van der Waals surface area contributed by atoms with E-state index in [9.17, 15) is 0 Å². The molecular weight excluding hydrogens is 188 g/mol.